The normalized spacial score (nSPS) is 16.4. The van der Waals surface area contributed by atoms with Crippen LogP contribution in [0.1, 0.15) is 18.8 Å². The Kier molecular flexibility index (Phi) is 6.10. The van der Waals surface area contributed by atoms with Crippen LogP contribution in [-0.4, -0.2) is 41.2 Å². The van der Waals surface area contributed by atoms with Crippen LogP contribution in [0.25, 0.3) is 17.5 Å². The van der Waals surface area contributed by atoms with Gasteiger partial charge >= 0.3 is 0 Å². The lowest BCUT2D eigenvalue weighted by Gasteiger charge is -2.29. The Bertz CT molecular complexity index is 1460. The number of fused-ring (bicyclic) bond motifs is 3. The molecule has 0 spiro atoms. The molecule has 4 aromatic rings. The van der Waals surface area contributed by atoms with Gasteiger partial charge in [0.2, 0.25) is 5.95 Å². The second-order valence-electron chi connectivity index (χ2n) is 8.19. The number of hydrazone groups is 1. The molecule has 2 aliphatic heterocycles. The summed E-state index contributed by atoms with van der Waals surface area (Å²) < 4.78 is 23.6. The second kappa shape index (κ2) is 9.38. The Labute approximate surface area is 213 Å². The SMILES string of the molecule is C[C@H](Oc1ccccc1F)C1=NNC2c3cc(-c4ccnc(Nc5ccnn5C)n4)cn3C=CN12.S. The first-order valence-corrected chi connectivity index (χ1v) is 11.1. The monoisotopic (exact) mass is 505 g/mol. The first kappa shape index (κ1) is 23.4. The van der Waals surface area contributed by atoms with Crippen molar-refractivity contribution in [1.82, 2.24) is 34.6 Å². The van der Waals surface area contributed by atoms with Gasteiger partial charge in [-0.3, -0.25) is 10.1 Å². The number of para-hydroxylation sites is 1. The van der Waals surface area contributed by atoms with E-state index in [4.69, 9.17) is 4.74 Å². The average molecular weight is 506 g/mol. The van der Waals surface area contributed by atoms with Crippen molar-refractivity contribution in [3.63, 3.8) is 0 Å². The van der Waals surface area contributed by atoms with Crippen LogP contribution in [0.5, 0.6) is 5.75 Å². The van der Waals surface area contributed by atoms with Crippen molar-refractivity contribution >= 4 is 37.3 Å². The molecule has 0 aliphatic carbocycles. The molecule has 5 heterocycles. The number of halogens is 1. The number of nitrogens with zero attached hydrogens (tertiary/aromatic N) is 7. The van der Waals surface area contributed by atoms with E-state index in [0.717, 1.165) is 22.8 Å². The number of nitrogens with one attached hydrogen (secondary N) is 2. The van der Waals surface area contributed by atoms with Crippen LogP contribution in [-0.2, 0) is 7.05 Å². The molecule has 184 valence electrons. The van der Waals surface area contributed by atoms with E-state index in [9.17, 15) is 4.39 Å². The molecule has 0 amide bonds. The van der Waals surface area contributed by atoms with Crippen molar-refractivity contribution in [2.24, 2.45) is 12.1 Å². The number of rotatable bonds is 6. The van der Waals surface area contributed by atoms with Gasteiger partial charge in [0.1, 0.15) is 5.82 Å². The van der Waals surface area contributed by atoms with Crippen molar-refractivity contribution in [2.45, 2.75) is 19.2 Å². The summed E-state index contributed by atoms with van der Waals surface area (Å²) in [5, 5.41) is 11.8. The van der Waals surface area contributed by atoms with Crippen LogP contribution < -0.4 is 15.5 Å². The summed E-state index contributed by atoms with van der Waals surface area (Å²) in [5.74, 6) is 1.72. The standard InChI is InChI=1S/C24H22FN9O.H2S/c1-15(35-20-6-4-3-5-17(20)25)22-30-31-23-19-13-16(14-33(19)11-12-34(22)23)18-7-9-26-24(28-18)29-21-8-10-27-32(21)2;/h3-15,23,31H,1-2H3,(H,26,28,29);1H2/t15-,23?;/m0./s1. The average Bonchev–Trinajstić information content (AvgIpc) is 3.58. The number of hydrogen-bond donors (Lipinski definition) is 2. The van der Waals surface area contributed by atoms with Gasteiger partial charge in [0.05, 0.1) is 17.6 Å². The summed E-state index contributed by atoms with van der Waals surface area (Å²) in [4.78, 5) is 11.0. The molecule has 3 aromatic heterocycles. The third-order valence-corrected chi connectivity index (χ3v) is 5.91. The summed E-state index contributed by atoms with van der Waals surface area (Å²) in [6.07, 6.45) is 8.64. The smallest absolute Gasteiger partial charge is 0.228 e. The van der Waals surface area contributed by atoms with Crippen LogP contribution in [0.3, 0.4) is 0 Å². The van der Waals surface area contributed by atoms with Crippen molar-refractivity contribution in [2.75, 3.05) is 5.32 Å². The van der Waals surface area contributed by atoms with Crippen LogP contribution >= 0.6 is 13.5 Å². The Balaban J connectivity index is 0.00000267. The first-order chi connectivity index (χ1) is 17.1. The van der Waals surface area contributed by atoms with E-state index in [2.05, 4.69) is 37.0 Å². The molecule has 0 fully saturated rings. The fourth-order valence-electron chi connectivity index (χ4n) is 4.15. The van der Waals surface area contributed by atoms with Gasteiger partial charge in [-0.1, -0.05) is 12.1 Å². The van der Waals surface area contributed by atoms with E-state index in [1.807, 2.05) is 54.2 Å². The predicted molar refractivity (Wildman–Crippen MR) is 139 cm³/mol. The summed E-state index contributed by atoms with van der Waals surface area (Å²) in [6.45, 7) is 1.85. The van der Waals surface area contributed by atoms with Crippen LogP contribution in [0, 0.1) is 5.82 Å². The molecule has 6 rings (SSSR count). The molecule has 1 aromatic carbocycles. The van der Waals surface area contributed by atoms with E-state index < -0.39 is 11.9 Å². The zero-order valence-electron chi connectivity index (χ0n) is 19.5. The van der Waals surface area contributed by atoms with E-state index in [1.54, 1.807) is 35.3 Å². The second-order valence-corrected chi connectivity index (χ2v) is 8.19. The quantitative estimate of drug-likeness (QED) is 0.411. The largest absolute Gasteiger partial charge is 0.480 e. The van der Waals surface area contributed by atoms with Crippen LogP contribution in [0.15, 0.2) is 72.4 Å². The molecule has 1 unspecified atom stereocenters. The number of hydrogen-bond acceptors (Lipinski definition) is 8. The van der Waals surface area contributed by atoms with Gasteiger partial charge in [0.25, 0.3) is 0 Å². The molecule has 2 atom stereocenters. The highest BCUT2D eigenvalue weighted by Gasteiger charge is 2.35. The van der Waals surface area contributed by atoms with Gasteiger partial charge in [0, 0.05) is 43.5 Å². The minimum atomic E-state index is -0.461. The Hall–Kier alpha value is -4.32. The van der Waals surface area contributed by atoms with E-state index in [1.165, 1.54) is 6.07 Å². The Morgan fingerprint density at radius 2 is 2.00 bits per heavy atom. The minimum Gasteiger partial charge on any atom is -0.480 e. The van der Waals surface area contributed by atoms with Crippen molar-refractivity contribution in [3.8, 4) is 17.0 Å². The lowest BCUT2D eigenvalue weighted by Crippen LogP contribution is -2.38. The van der Waals surface area contributed by atoms with Crippen LogP contribution in [0.4, 0.5) is 16.2 Å². The summed E-state index contributed by atoms with van der Waals surface area (Å²) in [7, 11) is 1.85. The third kappa shape index (κ3) is 4.15. The molecule has 0 bridgehead atoms. The highest BCUT2D eigenvalue weighted by atomic mass is 32.1. The lowest BCUT2D eigenvalue weighted by molar-refractivity contribution is 0.253. The topological polar surface area (TPSA) is 97.4 Å². The maximum atomic E-state index is 14.1. The maximum absolute atomic E-state index is 14.1. The third-order valence-electron chi connectivity index (χ3n) is 5.91. The highest BCUT2D eigenvalue weighted by molar-refractivity contribution is 7.59. The van der Waals surface area contributed by atoms with E-state index >= 15 is 0 Å². The van der Waals surface area contributed by atoms with E-state index in [0.29, 0.717) is 11.8 Å². The fraction of sp³-hybridized carbons (Fsp3) is 0.167. The number of amidine groups is 1. The molecular weight excluding hydrogens is 481 g/mol. The minimum absolute atomic E-state index is 0. The molecule has 12 heteroatoms. The van der Waals surface area contributed by atoms with Gasteiger partial charge < -0.3 is 19.5 Å². The number of aryl methyl sites for hydroxylation is 1. The number of anilines is 2. The van der Waals surface area contributed by atoms with Crippen LogP contribution in [0.2, 0.25) is 0 Å². The van der Waals surface area contributed by atoms with E-state index in [-0.39, 0.29) is 25.4 Å². The Morgan fingerprint density at radius 1 is 1.14 bits per heavy atom. The number of aromatic nitrogens is 5. The summed E-state index contributed by atoms with van der Waals surface area (Å²) in [6, 6.07) is 12.1. The van der Waals surface area contributed by atoms with Gasteiger partial charge in [-0.2, -0.15) is 23.7 Å². The molecule has 0 saturated carbocycles. The zero-order valence-corrected chi connectivity index (χ0v) is 20.5. The van der Waals surface area contributed by atoms with Gasteiger partial charge in [0.15, 0.2) is 29.7 Å². The molecule has 2 N–H and O–H groups in total. The molecule has 2 aliphatic rings. The van der Waals surface area contributed by atoms with Gasteiger partial charge in [-0.15, -0.1) is 0 Å². The van der Waals surface area contributed by atoms with Gasteiger partial charge in [-0.25, -0.2) is 14.4 Å². The molecular formula is C24H24FN9OS. The first-order valence-electron chi connectivity index (χ1n) is 11.1. The maximum Gasteiger partial charge on any atom is 0.228 e. The zero-order chi connectivity index (χ0) is 23.9. The summed E-state index contributed by atoms with van der Waals surface area (Å²) >= 11 is 0. The fourth-order valence-corrected chi connectivity index (χ4v) is 4.15. The molecule has 10 nitrogen and oxygen atoms in total. The van der Waals surface area contributed by atoms with Crippen molar-refractivity contribution in [3.05, 3.63) is 78.8 Å². The molecule has 0 saturated heterocycles. The van der Waals surface area contributed by atoms with Gasteiger partial charge in [-0.05, 0) is 31.2 Å². The summed E-state index contributed by atoms with van der Waals surface area (Å²) in [5.41, 5.74) is 5.87. The van der Waals surface area contributed by atoms with Crippen molar-refractivity contribution in [1.29, 1.82) is 0 Å². The van der Waals surface area contributed by atoms with Crippen molar-refractivity contribution < 1.29 is 9.13 Å². The molecule has 0 radical (unpaired) electrons. The highest BCUT2D eigenvalue weighted by Crippen LogP contribution is 2.33. The number of benzene rings is 1. The predicted octanol–water partition coefficient (Wildman–Crippen LogP) is 3.80. The molecule has 36 heavy (non-hydrogen) atoms. The number of ether oxygens (including phenoxy) is 1. The lowest BCUT2D eigenvalue weighted by atomic mass is 10.2. The Morgan fingerprint density at radius 3 is 2.81 bits per heavy atom.